The normalized spacial score (nSPS) is 22.4. The standard InChI is InChI=1S/C13H16O4/c1-13(2)16-9-11(17-13)8-15-12-6-4-3-5-10(12)7-14/h3-7,11H,8-9H2,1-2H3. The molecule has 0 saturated carbocycles. The lowest BCUT2D eigenvalue weighted by Gasteiger charge is -2.17. The molecule has 2 rings (SSSR count). The number of benzene rings is 1. The van der Waals surface area contributed by atoms with E-state index in [9.17, 15) is 4.79 Å². The van der Waals surface area contributed by atoms with Gasteiger partial charge in [-0.15, -0.1) is 0 Å². The van der Waals surface area contributed by atoms with Crippen LogP contribution in [-0.4, -0.2) is 31.4 Å². The molecule has 1 atom stereocenters. The van der Waals surface area contributed by atoms with Crippen LogP contribution in [0.1, 0.15) is 24.2 Å². The number of carbonyl (C=O) groups excluding carboxylic acids is 1. The highest BCUT2D eigenvalue weighted by atomic mass is 16.7. The molecule has 1 unspecified atom stereocenters. The third-order valence-corrected chi connectivity index (χ3v) is 2.54. The number of hydrogen-bond acceptors (Lipinski definition) is 4. The minimum absolute atomic E-state index is 0.0929. The van der Waals surface area contributed by atoms with Crippen molar-refractivity contribution in [2.45, 2.75) is 25.7 Å². The lowest BCUT2D eigenvalue weighted by molar-refractivity contribution is -0.141. The highest BCUT2D eigenvalue weighted by Gasteiger charge is 2.33. The molecule has 1 heterocycles. The fourth-order valence-corrected chi connectivity index (χ4v) is 1.74. The summed E-state index contributed by atoms with van der Waals surface area (Å²) >= 11 is 0. The average molecular weight is 236 g/mol. The highest BCUT2D eigenvalue weighted by Crippen LogP contribution is 2.23. The second-order valence-electron chi connectivity index (χ2n) is 4.42. The van der Waals surface area contributed by atoms with Gasteiger partial charge >= 0.3 is 0 Å². The first kappa shape index (κ1) is 12.1. The molecule has 4 heteroatoms. The van der Waals surface area contributed by atoms with Gasteiger partial charge in [-0.3, -0.25) is 4.79 Å². The van der Waals surface area contributed by atoms with E-state index in [1.807, 2.05) is 19.9 Å². The highest BCUT2D eigenvalue weighted by molar-refractivity contribution is 5.79. The van der Waals surface area contributed by atoms with Gasteiger partial charge in [-0.2, -0.15) is 0 Å². The number of ether oxygens (including phenoxy) is 3. The third-order valence-electron chi connectivity index (χ3n) is 2.54. The lowest BCUT2D eigenvalue weighted by atomic mass is 10.2. The molecule has 0 spiro atoms. The summed E-state index contributed by atoms with van der Waals surface area (Å²) in [6.45, 7) is 4.63. The van der Waals surface area contributed by atoms with Gasteiger partial charge in [0, 0.05) is 0 Å². The molecular weight excluding hydrogens is 220 g/mol. The molecule has 1 aliphatic heterocycles. The van der Waals surface area contributed by atoms with Crippen LogP contribution in [0.5, 0.6) is 5.75 Å². The quantitative estimate of drug-likeness (QED) is 0.750. The van der Waals surface area contributed by atoms with Gasteiger partial charge in [0.05, 0.1) is 12.2 Å². The van der Waals surface area contributed by atoms with Crippen molar-refractivity contribution in [3.05, 3.63) is 29.8 Å². The molecule has 0 bridgehead atoms. The maximum absolute atomic E-state index is 10.8. The van der Waals surface area contributed by atoms with Crippen LogP contribution < -0.4 is 4.74 Å². The Balaban J connectivity index is 1.92. The number of hydrogen-bond donors (Lipinski definition) is 0. The number of rotatable bonds is 4. The van der Waals surface area contributed by atoms with E-state index in [4.69, 9.17) is 14.2 Å². The maximum Gasteiger partial charge on any atom is 0.163 e. The molecule has 0 radical (unpaired) electrons. The molecule has 0 aromatic heterocycles. The molecule has 4 nitrogen and oxygen atoms in total. The van der Waals surface area contributed by atoms with Crippen LogP contribution in [0.4, 0.5) is 0 Å². The monoisotopic (exact) mass is 236 g/mol. The van der Waals surface area contributed by atoms with Crippen molar-refractivity contribution in [1.82, 2.24) is 0 Å². The van der Waals surface area contributed by atoms with Gasteiger partial charge in [0.25, 0.3) is 0 Å². The Labute approximate surface area is 100 Å². The number of aldehydes is 1. The summed E-state index contributed by atoms with van der Waals surface area (Å²) in [5, 5.41) is 0. The van der Waals surface area contributed by atoms with Crippen molar-refractivity contribution in [2.75, 3.05) is 13.2 Å². The number of para-hydroxylation sites is 1. The number of carbonyl (C=O) groups is 1. The van der Waals surface area contributed by atoms with E-state index in [2.05, 4.69) is 0 Å². The van der Waals surface area contributed by atoms with Gasteiger partial charge in [0.1, 0.15) is 18.5 Å². The fraction of sp³-hybridized carbons (Fsp3) is 0.462. The average Bonchev–Trinajstić information content (AvgIpc) is 2.67. The van der Waals surface area contributed by atoms with E-state index in [1.54, 1.807) is 18.2 Å². The van der Waals surface area contributed by atoms with Gasteiger partial charge in [-0.25, -0.2) is 0 Å². The lowest BCUT2D eigenvalue weighted by Crippen LogP contribution is -2.25. The minimum atomic E-state index is -0.543. The van der Waals surface area contributed by atoms with E-state index in [0.717, 1.165) is 6.29 Å². The second-order valence-corrected chi connectivity index (χ2v) is 4.42. The van der Waals surface area contributed by atoms with Crippen LogP contribution in [-0.2, 0) is 9.47 Å². The predicted molar refractivity (Wildman–Crippen MR) is 62.2 cm³/mol. The summed E-state index contributed by atoms with van der Waals surface area (Å²) in [7, 11) is 0. The zero-order valence-corrected chi connectivity index (χ0v) is 10.0. The van der Waals surface area contributed by atoms with Gasteiger partial charge < -0.3 is 14.2 Å². The van der Waals surface area contributed by atoms with Crippen LogP contribution >= 0.6 is 0 Å². The van der Waals surface area contributed by atoms with E-state index < -0.39 is 5.79 Å². The second kappa shape index (κ2) is 4.85. The Kier molecular flexibility index (Phi) is 3.45. The van der Waals surface area contributed by atoms with E-state index >= 15 is 0 Å². The topological polar surface area (TPSA) is 44.8 Å². The summed E-state index contributed by atoms with van der Waals surface area (Å²) in [4.78, 5) is 10.8. The molecular formula is C13H16O4. The van der Waals surface area contributed by atoms with Crippen molar-refractivity contribution >= 4 is 6.29 Å². The first-order valence-corrected chi connectivity index (χ1v) is 5.59. The van der Waals surface area contributed by atoms with E-state index in [-0.39, 0.29) is 6.10 Å². The first-order valence-electron chi connectivity index (χ1n) is 5.59. The Bertz CT molecular complexity index is 400. The SMILES string of the molecule is CC1(C)OCC(COc2ccccc2C=O)O1. The van der Waals surface area contributed by atoms with E-state index in [0.29, 0.717) is 24.5 Å². The first-order chi connectivity index (χ1) is 8.11. The van der Waals surface area contributed by atoms with Crippen molar-refractivity contribution in [3.8, 4) is 5.75 Å². The van der Waals surface area contributed by atoms with Crippen LogP contribution in [0.25, 0.3) is 0 Å². The zero-order valence-electron chi connectivity index (χ0n) is 10.0. The van der Waals surface area contributed by atoms with Crippen molar-refractivity contribution in [1.29, 1.82) is 0 Å². The zero-order chi connectivity index (χ0) is 12.3. The minimum Gasteiger partial charge on any atom is -0.490 e. The Morgan fingerprint density at radius 1 is 1.47 bits per heavy atom. The molecule has 1 aromatic carbocycles. The Hall–Kier alpha value is -1.39. The molecule has 1 aliphatic rings. The maximum atomic E-state index is 10.8. The summed E-state index contributed by atoms with van der Waals surface area (Å²) in [5.41, 5.74) is 0.547. The molecule has 0 aliphatic carbocycles. The largest absolute Gasteiger partial charge is 0.490 e. The molecule has 17 heavy (non-hydrogen) atoms. The molecule has 1 saturated heterocycles. The van der Waals surface area contributed by atoms with Crippen molar-refractivity contribution in [2.24, 2.45) is 0 Å². The van der Waals surface area contributed by atoms with Gasteiger partial charge in [-0.05, 0) is 26.0 Å². The van der Waals surface area contributed by atoms with Crippen LogP contribution in [0, 0.1) is 0 Å². The molecule has 0 N–H and O–H groups in total. The van der Waals surface area contributed by atoms with Crippen LogP contribution in [0.3, 0.4) is 0 Å². The third kappa shape index (κ3) is 3.05. The van der Waals surface area contributed by atoms with Crippen LogP contribution in [0.15, 0.2) is 24.3 Å². The Morgan fingerprint density at radius 2 is 2.24 bits per heavy atom. The summed E-state index contributed by atoms with van der Waals surface area (Å²) in [6.07, 6.45) is 0.690. The van der Waals surface area contributed by atoms with E-state index in [1.165, 1.54) is 0 Å². The molecule has 1 fully saturated rings. The Morgan fingerprint density at radius 3 is 2.88 bits per heavy atom. The van der Waals surface area contributed by atoms with Gasteiger partial charge in [0.15, 0.2) is 12.1 Å². The van der Waals surface area contributed by atoms with Gasteiger partial charge in [-0.1, -0.05) is 12.1 Å². The summed E-state index contributed by atoms with van der Waals surface area (Å²) in [6, 6.07) is 7.12. The molecule has 1 aromatic rings. The summed E-state index contributed by atoms with van der Waals surface area (Å²) in [5.74, 6) is 0.0360. The van der Waals surface area contributed by atoms with Crippen molar-refractivity contribution < 1.29 is 19.0 Å². The molecule has 92 valence electrons. The predicted octanol–water partition coefficient (Wildman–Crippen LogP) is 2.03. The molecule has 0 amide bonds. The van der Waals surface area contributed by atoms with Crippen LogP contribution in [0.2, 0.25) is 0 Å². The summed E-state index contributed by atoms with van der Waals surface area (Å²) < 4.78 is 16.6. The van der Waals surface area contributed by atoms with Gasteiger partial charge in [0.2, 0.25) is 0 Å². The van der Waals surface area contributed by atoms with Crippen molar-refractivity contribution in [3.63, 3.8) is 0 Å². The smallest absolute Gasteiger partial charge is 0.163 e. The fourth-order valence-electron chi connectivity index (χ4n) is 1.74.